The largest absolute Gasteiger partial charge is 0.493 e. The van der Waals surface area contributed by atoms with Crippen LogP contribution >= 0.6 is 11.3 Å². The molecule has 1 fully saturated rings. The van der Waals surface area contributed by atoms with E-state index in [0.717, 1.165) is 35.8 Å². The first-order valence-corrected chi connectivity index (χ1v) is 10.1. The lowest BCUT2D eigenvalue weighted by molar-refractivity contribution is 0.0944. The number of carbonyl (C=O) groups excluding carboxylic acids is 1. The number of ether oxygens (including phenoxy) is 2. The van der Waals surface area contributed by atoms with Crippen LogP contribution < -0.4 is 14.8 Å². The minimum Gasteiger partial charge on any atom is -0.493 e. The van der Waals surface area contributed by atoms with Crippen molar-refractivity contribution >= 4 is 17.2 Å². The second-order valence-electron chi connectivity index (χ2n) is 6.64. The van der Waals surface area contributed by atoms with Crippen molar-refractivity contribution in [3.63, 3.8) is 0 Å². The van der Waals surface area contributed by atoms with Crippen LogP contribution in [0.25, 0.3) is 10.6 Å². The number of methoxy groups -OCH3 is 2. The Hall–Kier alpha value is -2.12. The van der Waals surface area contributed by atoms with E-state index in [1.54, 1.807) is 14.2 Å². The van der Waals surface area contributed by atoms with E-state index in [9.17, 15) is 4.79 Å². The third kappa shape index (κ3) is 4.25. The Balaban J connectivity index is 1.73. The van der Waals surface area contributed by atoms with Crippen LogP contribution in [-0.4, -0.2) is 55.7 Å². The number of hydrogen-bond donors (Lipinski definition) is 1. The second kappa shape index (κ2) is 8.71. The minimum atomic E-state index is -0.0420. The summed E-state index contributed by atoms with van der Waals surface area (Å²) in [5.41, 5.74) is 1.66. The first kappa shape index (κ1) is 19.6. The molecule has 0 bridgehead atoms. The summed E-state index contributed by atoms with van der Waals surface area (Å²) in [4.78, 5) is 20.4. The molecule has 2 heterocycles. The molecule has 0 saturated carbocycles. The van der Waals surface area contributed by atoms with E-state index in [2.05, 4.69) is 22.1 Å². The molecule has 6 nitrogen and oxygen atoms in total. The third-order valence-corrected chi connectivity index (χ3v) is 6.24. The Bertz CT molecular complexity index is 806. The highest BCUT2D eigenvalue weighted by molar-refractivity contribution is 7.17. The molecule has 7 heteroatoms. The molecule has 1 aromatic heterocycles. The summed E-state index contributed by atoms with van der Waals surface area (Å²) in [5, 5.41) is 3.90. The van der Waals surface area contributed by atoms with E-state index in [1.165, 1.54) is 17.8 Å². The Morgan fingerprint density at radius 1 is 1.33 bits per heavy atom. The van der Waals surface area contributed by atoms with Crippen molar-refractivity contribution in [3.05, 3.63) is 28.8 Å². The molecule has 1 amide bonds. The highest BCUT2D eigenvalue weighted by Crippen LogP contribution is 2.35. The maximum absolute atomic E-state index is 12.7. The van der Waals surface area contributed by atoms with Gasteiger partial charge in [-0.15, -0.1) is 11.3 Å². The lowest BCUT2D eigenvalue weighted by Gasteiger charge is -2.22. The summed E-state index contributed by atoms with van der Waals surface area (Å²) in [5.74, 6) is 1.28. The lowest BCUT2D eigenvalue weighted by Crippen LogP contribution is -2.39. The van der Waals surface area contributed by atoms with Crippen molar-refractivity contribution in [2.24, 2.45) is 0 Å². The number of hydrogen-bond acceptors (Lipinski definition) is 6. The summed E-state index contributed by atoms with van der Waals surface area (Å²) < 4.78 is 10.6. The molecule has 3 rings (SSSR count). The maximum Gasteiger partial charge on any atom is 0.263 e. The molecule has 1 atom stereocenters. The Kier molecular flexibility index (Phi) is 6.34. The van der Waals surface area contributed by atoms with Gasteiger partial charge in [-0.05, 0) is 51.1 Å². The van der Waals surface area contributed by atoms with Crippen LogP contribution in [0.1, 0.15) is 35.1 Å². The summed E-state index contributed by atoms with van der Waals surface area (Å²) in [7, 11) is 3.22. The van der Waals surface area contributed by atoms with Gasteiger partial charge in [0.15, 0.2) is 11.5 Å². The second-order valence-corrected chi connectivity index (χ2v) is 7.64. The zero-order chi connectivity index (χ0) is 19.4. The molecule has 1 saturated heterocycles. The Morgan fingerprint density at radius 3 is 2.81 bits per heavy atom. The van der Waals surface area contributed by atoms with Gasteiger partial charge in [-0.2, -0.15) is 0 Å². The molecule has 1 aliphatic rings. The van der Waals surface area contributed by atoms with Gasteiger partial charge in [0.05, 0.1) is 19.9 Å². The molecule has 146 valence electrons. The predicted molar refractivity (Wildman–Crippen MR) is 108 cm³/mol. The van der Waals surface area contributed by atoms with Gasteiger partial charge in [0.1, 0.15) is 9.88 Å². The van der Waals surface area contributed by atoms with Gasteiger partial charge in [0.2, 0.25) is 0 Å². The number of carbonyl (C=O) groups is 1. The van der Waals surface area contributed by atoms with Crippen LogP contribution in [0.3, 0.4) is 0 Å². The molecule has 1 unspecified atom stereocenters. The smallest absolute Gasteiger partial charge is 0.263 e. The van der Waals surface area contributed by atoms with Gasteiger partial charge >= 0.3 is 0 Å². The lowest BCUT2D eigenvalue weighted by atomic mass is 10.2. The number of likely N-dealkylation sites (tertiary alicyclic amines) is 1. The first-order valence-electron chi connectivity index (χ1n) is 9.29. The van der Waals surface area contributed by atoms with E-state index in [1.807, 2.05) is 25.1 Å². The molecule has 0 aliphatic carbocycles. The topological polar surface area (TPSA) is 63.7 Å². The molecule has 1 N–H and O–H groups in total. The number of likely N-dealkylation sites (N-methyl/N-ethyl adjacent to an activating group) is 1. The number of aromatic nitrogens is 1. The summed E-state index contributed by atoms with van der Waals surface area (Å²) in [6.45, 7) is 6.89. The quantitative estimate of drug-likeness (QED) is 0.787. The summed E-state index contributed by atoms with van der Waals surface area (Å²) in [6, 6.07) is 6.11. The van der Waals surface area contributed by atoms with Crippen molar-refractivity contribution in [2.45, 2.75) is 32.7 Å². The molecule has 1 aromatic carbocycles. The van der Waals surface area contributed by atoms with Crippen LogP contribution in [0.2, 0.25) is 0 Å². The van der Waals surface area contributed by atoms with Gasteiger partial charge in [-0.1, -0.05) is 6.92 Å². The average molecular weight is 390 g/mol. The van der Waals surface area contributed by atoms with Crippen LogP contribution in [-0.2, 0) is 0 Å². The number of benzene rings is 1. The maximum atomic E-state index is 12.7. The van der Waals surface area contributed by atoms with Crippen molar-refractivity contribution in [1.82, 2.24) is 15.2 Å². The predicted octanol–water partition coefficient (Wildman–Crippen LogP) is 3.35. The highest BCUT2D eigenvalue weighted by Gasteiger charge is 2.24. The van der Waals surface area contributed by atoms with Crippen LogP contribution in [0.4, 0.5) is 0 Å². The fourth-order valence-electron chi connectivity index (χ4n) is 3.53. The van der Waals surface area contributed by atoms with Crippen molar-refractivity contribution < 1.29 is 14.3 Å². The molecule has 2 aromatic rings. The molecular formula is C20H27N3O3S. The zero-order valence-corrected chi connectivity index (χ0v) is 17.2. The number of aryl methyl sites for hydroxylation is 1. The molecule has 27 heavy (non-hydrogen) atoms. The number of nitrogens with one attached hydrogen (secondary N) is 1. The first-order chi connectivity index (χ1) is 13.1. The van der Waals surface area contributed by atoms with Gasteiger partial charge < -0.3 is 14.8 Å². The average Bonchev–Trinajstić information content (AvgIpc) is 3.31. The van der Waals surface area contributed by atoms with Crippen LogP contribution in [0, 0.1) is 6.92 Å². The van der Waals surface area contributed by atoms with Crippen LogP contribution in [0.5, 0.6) is 11.5 Å². The zero-order valence-electron chi connectivity index (χ0n) is 16.4. The van der Waals surface area contributed by atoms with Gasteiger partial charge in [-0.25, -0.2) is 4.98 Å². The number of amides is 1. The van der Waals surface area contributed by atoms with E-state index in [4.69, 9.17) is 9.47 Å². The highest BCUT2D eigenvalue weighted by atomic mass is 32.1. The molecule has 0 spiro atoms. The third-order valence-electron chi connectivity index (χ3n) is 5.04. The number of nitrogens with zero attached hydrogens (tertiary/aromatic N) is 2. The number of rotatable bonds is 7. The normalized spacial score (nSPS) is 17.1. The fourth-order valence-corrected chi connectivity index (χ4v) is 4.51. The monoisotopic (exact) mass is 389 g/mol. The number of thiazole rings is 1. The summed E-state index contributed by atoms with van der Waals surface area (Å²) >= 11 is 1.41. The van der Waals surface area contributed by atoms with Gasteiger partial charge in [0.25, 0.3) is 5.91 Å². The van der Waals surface area contributed by atoms with E-state index in [0.29, 0.717) is 29.0 Å². The molecule has 0 radical (unpaired) electrons. The Labute approximate surface area is 164 Å². The minimum absolute atomic E-state index is 0.0420. The Morgan fingerprint density at radius 2 is 2.11 bits per heavy atom. The molecular weight excluding hydrogens is 362 g/mol. The van der Waals surface area contributed by atoms with Crippen LogP contribution in [0.15, 0.2) is 18.2 Å². The molecule has 1 aliphatic heterocycles. The van der Waals surface area contributed by atoms with E-state index in [-0.39, 0.29) is 5.91 Å². The van der Waals surface area contributed by atoms with Crippen molar-refractivity contribution in [1.29, 1.82) is 0 Å². The fraction of sp³-hybridized carbons (Fsp3) is 0.500. The van der Waals surface area contributed by atoms with E-state index < -0.39 is 0 Å². The van der Waals surface area contributed by atoms with Crippen molar-refractivity contribution in [3.8, 4) is 22.1 Å². The van der Waals surface area contributed by atoms with Gasteiger partial charge in [0, 0.05) is 18.2 Å². The van der Waals surface area contributed by atoms with Gasteiger partial charge in [-0.3, -0.25) is 9.69 Å². The standard InChI is InChI=1S/C20H27N3O3S/c1-5-23-10-6-7-15(23)12-21-19(24)18-13(2)22-20(27-18)14-8-9-16(25-3)17(11-14)26-4/h8-9,11,15H,5-7,10,12H2,1-4H3,(H,21,24). The SMILES string of the molecule is CCN1CCCC1CNC(=O)c1sc(-c2ccc(OC)c(OC)c2)nc1C. The van der Waals surface area contributed by atoms with E-state index >= 15 is 0 Å². The summed E-state index contributed by atoms with van der Waals surface area (Å²) in [6.07, 6.45) is 2.35. The van der Waals surface area contributed by atoms with Crippen molar-refractivity contribution in [2.75, 3.05) is 33.9 Å².